The highest BCUT2D eigenvalue weighted by Gasteiger charge is 2.14. The van der Waals surface area contributed by atoms with E-state index in [1.807, 2.05) is 42.5 Å². The van der Waals surface area contributed by atoms with Crippen molar-refractivity contribution in [1.29, 1.82) is 0 Å². The van der Waals surface area contributed by atoms with Gasteiger partial charge in [-0.25, -0.2) is 4.79 Å². The zero-order chi connectivity index (χ0) is 14.7. The maximum absolute atomic E-state index is 11.4. The predicted molar refractivity (Wildman–Crippen MR) is 80.3 cm³/mol. The smallest absolute Gasteiger partial charge is 0.339 e. The summed E-state index contributed by atoms with van der Waals surface area (Å²) in [6.07, 6.45) is 3.09. The summed E-state index contributed by atoms with van der Waals surface area (Å²) in [5.74, 6) is -1.00. The van der Waals surface area contributed by atoms with Crippen LogP contribution in [0.1, 0.15) is 16.1 Å². The molecule has 0 fully saturated rings. The van der Waals surface area contributed by atoms with Crippen LogP contribution in [-0.4, -0.2) is 21.0 Å². The van der Waals surface area contributed by atoms with Crippen molar-refractivity contribution in [2.45, 2.75) is 6.54 Å². The van der Waals surface area contributed by atoms with Crippen LogP contribution in [0.5, 0.6) is 0 Å². The highest BCUT2D eigenvalue weighted by molar-refractivity contribution is 6.04. The van der Waals surface area contributed by atoms with Gasteiger partial charge < -0.3 is 10.4 Å². The summed E-state index contributed by atoms with van der Waals surface area (Å²) < 4.78 is 0. The minimum atomic E-state index is -1.00. The lowest BCUT2D eigenvalue weighted by Crippen LogP contribution is -2.08. The van der Waals surface area contributed by atoms with Crippen LogP contribution in [0.3, 0.4) is 0 Å². The van der Waals surface area contributed by atoms with E-state index in [0.717, 1.165) is 16.6 Å². The van der Waals surface area contributed by atoms with Crippen molar-refractivity contribution in [2.24, 2.45) is 0 Å². The second kappa shape index (κ2) is 5.58. The Morgan fingerprint density at radius 1 is 1.10 bits per heavy atom. The molecule has 0 aliphatic heterocycles. The number of carbonyl (C=O) groups is 1. The molecule has 0 saturated heterocycles. The van der Waals surface area contributed by atoms with Crippen LogP contribution >= 0.6 is 0 Å². The van der Waals surface area contributed by atoms with Crippen LogP contribution in [0.15, 0.2) is 54.9 Å². The second-order valence-corrected chi connectivity index (χ2v) is 4.54. The molecule has 3 aromatic rings. The Morgan fingerprint density at radius 2 is 1.90 bits per heavy atom. The van der Waals surface area contributed by atoms with Gasteiger partial charge >= 0.3 is 5.97 Å². The Bertz CT molecular complexity index is 788. The fourth-order valence-electron chi connectivity index (χ4n) is 2.18. The SMILES string of the molecule is O=C(O)c1cnc2ccccc2c1NCc1ccccn1. The van der Waals surface area contributed by atoms with Gasteiger partial charge in [0.05, 0.1) is 23.4 Å². The molecule has 0 saturated carbocycles. The number of pyridine rings is 2. The van der Waals surface area contributed by atoms with Crippen molar-refractivity contribution < 1.29 is 9.90 Å². The molecular weight excluding hydrogens is 266 g/mol. The third kappa shape index (κ3) is 2.67. The van der Waals surface area contributed by atoms with Gasteiger partial charge in [0.15, 0.2) is 0 Å². The lowest BCUT2D eigenvalue weighted by atomic mass is 10.1. The number of para-hydroxylation sites is 1. The molecule has 104 valence electrons. The monoisotopic (exact) mass is 279 g/mol. The number of aromatic carboxylic acids is 1. The van der Waals surface area contributed by atoms with Crippen molar-refractivity contribution in [1.82, 2.24) is 9.97 Å². The minimum Gasteiger partial charge on any atom is -0.478 e. The van der Waals surface area contributed by atoms with Crippen molar-refractivity contribution in [3.8, 4) is 0 Å². The topological polar surface area (TPSA) is 75.1 Å². The molecule has 0 aliphatic carbocycles. The van der Waals surface area contributed by atoms with Gasteiger partial charge in [0.25, 0.3) is 0 Å². The molecule has 2 aromatic heterocycles. The molecule has 0 bridgehead atoms. The average Bonchev–Trinajstić information content (AvgIpc) is 2.53. The van der Waals surface area contributed by atoms with Crippen LogP contribution in [0.2, 0.25) is 0 Å². The second-order valence-electron chi connectivity index (χ2n) is 4.54. The number of anilines is 1. The lowest BCUT2D eigenvalue weighted by Gasteiger charge is -2.12. The van der Waals surface area contributed by atoms with E-state index in [2.05, 4.69) is 15.3 Å². The average molecular weight is 279 g/mol. The van der Waals surface area contributed by atoms with E-state index < -0.39 is 5.97 Å². The van der Waals surface area contributed by atoms with Gasteiger partial charge in [0, 0.05) is 17.8 Å². The molecule has 0 radical (unpaired) electrons. The molecule has 21 heavy (non-hydrogen) atoms. The van der Waals surface area contributed by atoms with Crippen molar-refractivity contribution in [2.75, 3.05) is 5.32 Å². The van der Waals surface area contributed by atoms with Crippen LogP contribution < -0.4 is 5.32 Å². The van der Waals surface area contributed by atoms with E-state index in [1.54, 1.807) is 6.20 Å². The van der Waals surface area contributed by atoms with E-state index in [1.165, 1.54) is 6.20 Å². The Morgan fingerprint density at radius 3 is 2.67 bits per heavy atom. The van der Waals surface area contributed by atoms with E-state index in [4.69, 9.17) is 0 Å². The molecule has 0 atom stereocenters. The molecule has 2 heterocycles. The van der Waals surface area contributed by atoms with E-state index in [9.17, 15) is 9.90 Å². The first-order chi connectivity index (χ1) is 10.3. The number of fused-ring (bicyclic) bond motifs is 1. The zero-order valence-electron chi connectivity index (χ0n) is 11.2. The maximum atomic E-state index is 11.4. The molecule has 0 aliphatic rings. The predicted octanol–water partition coefficient (Wildman–Crippen LogP) is 2.94. The van der Waals surface area contributed by atoms with Gasteiger partial charge in [0.2, 0.25) is 0 Å². The number of carboxylic acid groups (broad SMARTS) is 1. The first kappa shape index (κ1) is 13.1. The summed E-state index contributed by atoms with van der Waals surface area (Å²) in [6.45, 7) is 0.453. The summed E-state index contributed by atoms with van der Waals surface area (Å²) in [6, 6.07) is 13.1. The molecule has 0 amide bonds. The molecule has 0 spiro atoms. The van der Waals surface area contributed by atoms with E-state index in [0.29, 0.717) is 12.2 Å². The number of carboxylic acids is 1. The Hall–Kier alpha value is -2.95. The zero-order valence-corrected chi connectivity index (χ0v) is 11.2. The molecule has 1 aromatic carbocycles. The Kier molecular flexibility index (Phi) is 3.47. The molecule has 0 unspecified atom stereocenters. The van der Waals surface area contributed by atoms with E-state index in [-0.39, 0.29) is 5.56 Å². The number of benzene rings is 1. The number of aromatic nitrogens is 2. The minimum absolute atomic E-state index is 0.157. The van der Waals surface area contributed by atoms with Gasteiger partial charge in [-0.1, -0.05) is 24.3 Å². The number of hydrogen-bond acceptors (Lipinski definition) is 4. The third-order valence-electron chi connectivity index (χ3n) is 3.18. The lowest BCUT2D eigenvalue weighted by molar-refractivity contribution is 0.0697. The van der Waals surface area contributed by atoms with Crippen LogP contribution in [0.25, 0.3) is 10.9 Å². The van der Waals surface area contributed by atoms with Crippen LogP contribution in [0, 0.1) is 0 Å². The number of hydrogen-bond donors (Lipinski definition) is 2. The Labute approximate surface area is 121 Å². The number of nitrogens with zero attached hydrogens (tertiary/aromatic N) is 2. The van der Waals surface area contributed by atoms with Crippen molar-refractivity contribution in [3.05, 3.63) is 66.1 Å². The van der Waals surface area contributed by atoms with E-state index >= 15 is 0 Å². The summed E-state index contributed by atoms with van der Waals surface area (Å²) in [7, 11) is 0. The summed E-state index contributed by atoms with van der Waals surface area (Å²) in [4.78, 5) is 19.8. The summed E-state index contributed by atoms with van der Waals surface area (Å²) >= 11 is 0. The van der Waals surface area contributed by atoms with Gasteiger partial charge in [-0.3, -0.25) is 9.97 Å². The van der Waals surface area contributed by atoms with Gasteiger partial charge in [-0.2, -0.15) is 0 Å². The fraction of sp³-hybridized carbons (Fsp3) is 0.0625. The standard InChI is InChI=1S/C16H13N3O2/c20-16(21)13-10-18-14-7-2-1-6-12(14)15(13)19-9-11-5-3-4-8-17-11/h1-8,10H,9H2,(H,18,19)(H,20,21). The van der Waals surface area contributed by atoms with Crippen molar-refractivity contribution >= 4 is 22.6 Å². The van der Waals surface area contributed by atoms with Gasteiger partial charge in [-0.05, 0) is 18.2 Å². The molecule has 5 heteroatoms. The normalized spacial score (nSPS) is 10.5. The Balaban J connectivity index is 2.02. The summed E-state index contributed by atoms with van der Waals surface area (Å²) in [5.41, 5.74) is 2.32. The van der Waals surface area contributed by atoms with Crippen molar-refractivity contribution in [3.63, 3.8) is 0 Å². The number of rotatable bonds is 4. The molecule has 5 nitrogen and oxygen atoms in total. The quantitative estimate of drug-likeness (QED) is 0.768. The first-order valence-corrected chi connectivity index (χ1v) is 6.50. The van der Waals surface area contributed by atoms with Crippen LogP contribution in [-0.2, 0) is 6.54 Å². The maximum Gasteiger partial charge on any atom is 0.339 e. The number of nitrogens with one attached hydrogen (secondary N) is 1. The molecule has 2 N–H and O–H groups in total. The highest BCUT2D eigenvalue weighted by Crippen LogP contribution is 2.26. The first-order valence-electron chi connectivity index (χ1n) is 6.50. The van der Waals surface area contributed by atoms with Gasteiger partial charge in [-0.15, -0.1) is 0 Å². The highest BCUT2D eigenvalue weighted by atomic mass is 16.4. The fourth-order valence-corrected chi connectivity index (χ4v) is 2.18. The van der Waals surface area contributed by atoms with Crippen LogP contribution in [0.4, 0.5) is 5.69 Å². The summed E-state index contributed by atoms with van der Waals surface area (Å²) in [5, 5.41) is 13.3. The third-order valence-corrected chi connectivity index (χ3v) is 3.18. The van der Waals surface area contributed by atoms with Gasteiger partial charge in [0.1, 0.15) is 5.56 Å². The molecular formula is C16H13N3O2. The molecule has 3 rings (SSSR count). The largest absolute Gasteiger partial charge is 0.478 e.